The number of carbonyl (C=O) groups is 2. The molecule has 5 nitrogen and oxygen atoms in total. The molecule has 1 N–H and O–H groups in total. The second-order valence-electron chi connectivity index (χ2n) is 5.72. The van der Waals surface area contributed by atoms with Crippen molar-refractivity contribution in [3.05, 3.63) is 53.3 Å². The van der Waals surface area contributed by atoms with Gasteiger partial charge in [-0.1, -0.05) is 11.6 Å². The number of carbonyl (C=O) groups excluding carboxylic acids is 2. The average molecular weight is 363 g/mol. The Hall–Kier alpha value is -2.60. The molecule has 0 bridgehead atoms. The van der Waals surface area contributed by atoms with Crippen LogP contribution >= 0.6 is 11.6 Å². The lowest BCUT2D eigenvalue weighted by Crippen LogP contribution is -2.28. The molecule has 2 amide bonds. The van der Waals surface area contributed by atoms with E-state index in [0.29, 0.717) is 22.1 Å². The highest BCUT2D eigenvalue weighted by Gasteiger charge is 2.36. The van der Waals surface area contributed by atoms with Gasteiger partial charge in [0.1, 0.15) is 11.6 Å². The molecule has 1 heterocycles. The minimum absolute atomic E-state index is 0.0860. The number of ether oxygens (including phenoxy) is 1. The summed E-state index contributed by atoms with van der Waals surface area (Å²) >= 11 is 6.02. The topological polar surface area (TPSA) is 58.6 Å². The number of benzene rings is 2. The Morgan fingerprint density at radius 3 is 2.68 bits per heavy atom. The number of methoxy groups -OCH3 is 1. The fraction of sp³-hybridized carbons (Fsp3) is 0.222. The van der Waals surface area contributed by atoms with E-state index in [-0.39, 0.29) is 30.6 Å². The van der Waals surface area contributed by atoms with Crippen molar-refractivity contribution < 1.29 is 18.7 Å². The van der Waals surface area contributed by atoms with Gasteiger partial charge in [-0.25, -0.2) is 4.39 Å². The van der Waals surface area contributed by atoms with Crippen LogP contribution < -0.4 is 15.0 Å². The molecule has 2 aromatic rings. The minimum atomic E-state index is -0.513. The lowest BCUT2D eigenvalue weighted by Gasteiger charge is -2.19. The maximum absolute atomic E-state index is 12.9. The van der Waals surface area contributed by atoms with Gasteiger partial charge in [0, 0.05) is 23.7 Å². The second kappa shape index (κ2) is 7.11. The van der Waals surface area contributed by atoms with Crippen LogP contribution in [-0.4, -0.2) is 25.5 Å². The van der Waals surface area contributed by atoms with Crippen LogP contribution in [0.2, 0.25) is 5.02 Å². The normalized spacial score (nSPS) is 16.8. The van der Waals surface area contributed by atoms with Crippen LogP contribution in [-0.2, 0) is 9.59 Å². The van der Waals surface area contributed by atoms with Crippen LogP contribution in [0.4, 0.5) is 15.8 Å². The summed E-state index contributed by atoms with van der Waals surface area (Å²) in [6, 6.07) is 10.5. The van der Waals surface area contributed by atoms with E-state index in [4.69, 9.17) is 16.3 Å². The van der Waals surface area contributed by atoms with E-state index in [2.05, 4.69) is 5.32 Å². The van der Waals surface area contributed by atoms with Crippen molar-refractivity contribution in [1.29, 1.82) is 0 Å². The molecule has 3 rings (SSSR count). The van der Waals surface area contributed by atoms with E-state index in [0.717, 1.165) is 0 Å². The summed E-state index contributed by atoms with van der Waals surface area (Å²) in [5.74, 6) is -0.852. The number of hydrogen-bond acceptors (Lipinski definition) is 3. The van der Waals surface area contributed by atoms with Crippen LogP contribution in [0, 0.1) is 11.7 Å². The van der Waals surface area contributed by atoms with Gasteiger partial charge in [-0.2, -0.15) is 0 Å². The minimum Gasteiger partial charge on any atom is -0.495 e. The SMILES string of the molecule is COc1ccc(Cl)cc1N1CC(C(=O)Nc2ccc(F)cc2)CC1=O. The zero-order chi connectivity index (χ0) is 18.0. The number of halogens is 2. The molecular weight excluding hydrogens is 347 g/mol. The third kappa shape index (κ3) is 3.74. The van der Waals surface area contributed by atoms with Crippen molar-refractivity contribution in [2.75, 3.05) is 23.9 Å². The molecule has 0 aliphatic carbocycles. The maximum Gasteiger partial charge on any atom is 0.229 e. The van der Waals surface area contributed by atoms with Gasteiger partial charge in [0.05, 0.1) is 18.7 Å². The molecule has 0 aromatic heterocycles. The van der Waals surface area contributed by atoms with Gasteiger partial charge >= 0.3 is 0 Å². The summed E-state index contributed by atoms with van der Waals surface area (Å²) in [5, 5.41) is 3.18. The van der Waals surface area contributed by atoms with Crippen molar-refractivity contribution in [2.45, 2.75) is 6.42 Å². The first-order chi connectivity index (χ1) is 12.0. The zero-order valence-electron chi connectivity index (χ0n) is 13.5. The van der Waals surface area contributed by atoms with Crippen LogP contribution in [0.1, 0.15) is 6.42 Å². The second-order valence-corrected chi connectivity index (χ2v) is 6.15. The summed E-state index contributed by atoms with van der Waals surface area (Å²) in [6.45, 7) is 0.225. The van der Waals surface area contributed by atoms with Gasteiger partial charge < -0.3 is 15.0 Å². The quantitative estimate of drug-likeness (QED) is 0.905. The molecule has 1 fully saturated rings. The standard InChI is InChI=1S/C18H16ClFN2O3/c1-25-16-7-2-12(19)9-15(16)22-10-11(8-17(22)23)18(24)21-14-5-3-13(20)4-6-14/h2-7,9,11H,8,10H2,1H3,(H,21,24). The van der Waals surface area contributed by atoms with Crippen LogP contribution in [0.25, 0.3) is 0 Å². The highest BCUT2D eigenvalue weighted by molar-refractivity contribution is 6.31. The Labute approximate surface area is 149 Å². The molecule has 2 aromatic carbocycles. The number of nitrogens with zero attached hydrogens (tertiary/aromatic N) is 1. The summed E-state index contributed by atoms with van der Waals surface area (Å²) in [4.78, 5) is 26.3. The van der Waals surface area contributed by atoms with Crippen molar-refractivity contribution in [1.82, 2.24) is 0 Å². The fourth-order valence-corrected chi connectivity index (χ4v) is 2.93. The highest BCUT2D eigenvalue weighted by Crippen LogP contribution is 2.35. The van der Waals surface area contributed by atoms with E-state index in [9.17, 15) is 14.0 Å². The number of rotatable bonds is 4. The van der Waals surface area contributed by atoms with E-state index in [1.54, 1.807) is 18.2 Å². The van der Waals surface area contributed by atoms with E-state index in [1.807, 2.05) is 0 Å². The highest BCUT2D eigenvalue weighted by atomic mass is 35.5. The molecular formula is C18H16ClFN2O3. The van der Waals surface area contributed by atoms with Crippen molar-refractivity contribution in [3.8, 4) is 5.75 Å². The first-order valence-electron chi connectivity index (χ1n) is 7.68. The molecule has 1 atom stereocenters. The van der Waals surface area contributed by atoms with Crippen molar-refractivity contribution in [3.63, 3.8) is 0 Å². The first-order valence-corrected chi connectivity index (χ1v) is 8.06. The Morgan fingerprint density at radius 2 is 2.00 bits per heavy atom. The van der Waals surface area contributed by atoms with Crippen molar-refractivity contribution in [2.24, 2.45) is 5.92 Å². The third-order valence-corrected chi connectivity index (χ3v) is 4.27. The predicted molar refractivity (Wildman–Crippen MR) is 93.5 cm³/mol. The summed E-state index contributed by atoms with van der Waals surface area (Å²) < 4.78 is 18.2. The van der Waals surface area contributed by atoms with Gasteiger partial charge in [-0.05, 0) is 42.5 Å². The first kappa shape index (κ1) is 17.2. The third-order valence-electron chi connectivity index (χ3n) is 4.04. The molecule has 7 heteroatoms. The molecule has 25 heavy (non-hydrogen) atoms. The van der Waals surface area contributed by atoms with E-state index >= 15 is 0 Å². The van der Waals surface area contributed by atoms with Gasteiger partial charge in [0.2, 0.25) is 11.8 Å². The van der Waals surface area contributed by atoms with E-state index in [1.165, 1.54) is 36.3 Å². The lowest BCUT2D eigenvalue weighted by atomic mass is 10.1. The molecule has 0 spiro atoms. The Kier molecular flexibility index (Phi) is 4.90. The number of amides is 2. The lowest BCUT2D eigenvalue weighted by molar-refractivity contribution is -0.122. The Balaban J connectivity index is 1.75. The average Bonchev–Trinajstić information content (AvgIpc) is 2.98. The van der Waals surface area contributed by atoms with Crippen LogP contribution in [0.5, 0.6) is 5.75 Å². The van der Waals surface area contributed by atoms with Crippen LogP contribution in [0.3, 0.4) is 0 Å². The van der Waals surface area contributed by atoms with Gasteiger partial charge in [-0.15, -0.1) is 0 Å². The fourth-order valence-electron chi connectivity index (χ4n) is 2.77. The van der Waals surface area contributed by atoms with E-state index < -0.39 is 5.92 Å². The summed E-state index contributed by atoms with van der Waals surface area (Å²) in [7, 11) is 1.51. The molecule has 0 saturated carbocycles. The van der Waals surface area contributed by atoms with Crippen LogP contribution in [0.15, 0.2) is 42.5 Å². The zero-order valence-corrected chi connectivity index (χ0v) is 14.2. The smallest absolute Gasteiger partial charge is 0.229 e. The maximum atomic E-state index is 12.9. The predicted octanol–water partition coefficient (Wildman–Crippen LogP) is 3.48. The largest absolute Gasteiger partial charge is 0.495 e. The molecule has 0 radical (unpaired) electrons. The number of hydrogen-bond donors (Lipinski definition) is 1. The van der Waals surface area contributed by atoms with Gasteiger partial charge in [0.15, 0.2) is 0 Å². The Bertz CT molecular complexity index is 810. The molecule has 1 saturated heterocycles. The molecule has 1 aliphatic rings. The molecule has 130 valence electrons. The number of nitrogens with one attached hydrogen (secondary N) is 1. The molecule has 1 aliphatic heterocycles. The summed E-state index contributed by atoms with van der Waals surface area (Å²) in [6.07, 6.45) is 0.0860. The Morgan fingerprint density at radius 1 is 1.28 bits per heavy atom. The summed E-state index contributed by atoms with van der Waals surface area (Å²) in [5.41, 5.74) is 1.02. The monoisotopic (exact) mass is 362 g/mol. The molecule has 1 unspecified atom stereocenters. The van der Waals surface area contributed by atoms with Gasteiger partial charge in [-0.3, -0.25) is 9.59 Å². The van der Waals surface area contributed by atoms with Crippen molar-refractivity contribution >= 4 is 34.8 Å². The van der Waals surface area contributed by atoms with Gasteiger partial charge in [0.25, 0.3) is 0 Å². The number of anilines is 2.